The summed E-state index contributed by atoms with van der Waals surface area (Å²) in [5.41, 5.74) is 2.27. The van der Waals surface area contributed by atoms with Gasteiger partial charge in [-0.05, 0) is 35.9 Å². The first kappa shape index (κ1) is 18.9. The van der Waals surface area contributed by atoms with Gasteiger partial charge in [-0.25, -0.2) is 8.42 Å². The van der Waals surface area contributed by atoms with Crippen LogP contribution in [0.5, 0.6) is 0 Å². The molecule has 3 heterocycles. The third kappa shape index (κ3) is 4.18. The summed E-state index contributed by atoms with van der Waals surface area (Å²) in [6.45, 7) is 0.516. The van der Waals surface area contributed by atoms with Crippen molar-refractivity contribution >= 4 is 27.1 Å². The standard InChI is InChI=1S/C20H21N3O3S2/c24-20(21-10-8-15-5-2-1-3-6-15)17-13-18(19-7-4-11-27-19)23(22-17)16-9-12-28(25,26)14-16/h1-7,11,13,16H,8-10,12,14H2,(H,21,24)/t16-/m1/s1. The number of carbonyl (C=O) groups excluding carboxylic acids is 1. The van der Waals surface area contributed by atoms with Gasteiger partial charge in [0, 0.05) is 6.54 Å². The maximum atomic E-state index is 12.6. The number of thiophene rings is 1. The molecule has 0 unspecified atom stereocenters. The summed E-state index contributed by atoms with van der Waals surface area (Å²) in [5, 5.41) is 9.35. The van der Waals surface area contributed by atoms with Crippen LogP contribution < -0.4 is 5.32 Å². The quantitative estimate of drug-likeness (QED) is 0.671. The minimum absolute atomic E-state index is 0.0715. The maximum Gasteiger partial charge on any atom is 0.271 e. The van der Waals surface area contributed by atoms with E-state index in [1.54, 1.807) is 22.1 Å². The Labute approximate surface area is 168 Å². The van der Waals surface area contributed by atoms with Crippen LogP contribution in [0, 0.1) is 0 Å². The minimum Gasteiger partial charge on any atom is -0.350 e. The molecule has 1 saturated heterocycles. The summed E-state index contributed by atoms with van der Waals surface area (Å²) in [4.78, 5) is 13.6. The highest BCUT2D eigenvalue weighted by Crippen LogP contribution is 2.32. The van der Waals surface area contributed by atoms with Crippen LogP contribution in [0.15, 0.2) is 53.9 Å². The number of amides is 1. The lowest BCUT2D eigenvalue weighted by molar-refractivity contribution is 0.0948. The van der Waals surface area contributed by atoms with Crippen molar-refractivity contribution in [3.05, 3.63) is 65.2 Å². The predicted octanol–water partition coefficient (Wildman–Crippen LogP) is 2.94. The predicted molar refractivity (Wildman–Crippen MR) is 110 cm³/mol. The van der Waals surface area contributed by atoms with Gasteiger partial charge in [0.1, 0.15) is 0 Å². The summed E-state index contributed by atoms with van der Waals surface area (Å²) in [6.07, 6.45) is 1.27. The van der Waals surface area contributed by atoms with Crippen molar-refractivity contribution in [2.75, 3.05) is 18.1 Å². The minimum atomic E-state index is -3.04. The first-order valence-electron chi connectivity index (χ1n) is 9.18. The van der Waals surface area contributed by atoms with Gasteiger partial charge in [-0.1, -0.05) is 36.4 Å². The molecule has 1 amide bonds. The van der Waals surface area contributed by atoms with Gasteiger partial charge in [-0.2, -0.15) is 5.10 Å². The van der Waals surface area contributed by atoms with E-state index >= 15 is 0 Å². The van der Waals surface area contributed by atoms with E-state index in [-0.39, 0.29) is 23.5 Å². The summed E-state index contributed by atoms with van der Waals surface area (Å²) in [6, 6.07) is 15.4. The molecule has 1 N–H and O–H groups in total. The molecule has 8 heteroatoms. The lowest BCUT2D eigenvalue weighted by atomic mass is 10.1. The highest BCUT2D eigenvalue weighted by Gasteiger charge is 2.32. The Hall–Kier alpha value is -2.45. The molecule has 0 radical (unpaired) electrons. The summed E-state index contributed by atoms with van der Waals surface area (Å²) in [5.74, 6) is -0.00405. The number of nitrogens with zero attached hydrogens (tertiary/aromatic N) is 2. The smallest absolute Gasteiger partial charge is 0.271 e. The second kappa shape index (κ2) is 7.89. The molecule has 0 spiro atoms. The highest BCUT2D eigenvalue weighted by molar-refractivity contribution is 7.91. The number of sulfone groups is 1. The lowest BCUT2D eigenvalue weighted by Gasteiger charge is -2.12. The molecule has 1 fully saturated rings. The topological polar surface area (TPSA) is 81.1 Å². The zero-order chi connectivity index (χ0) is 19.6. The van der Waals surface area contributed by atoms with Crippen LogP contribution in [0.1, 0.15) is 28.5 Å². The molecule has 0 saturated carbocycles. The van der Waals surface area contributed by atoms with Crippen molar-refractivity contribution in [2.24, 2.45) is 0 Å². The number of aromatic nitrogens is 2. The SMILES string of the molecule is O=C(NCCc1ccccc1)c1cc(-c2cccs2)n([C@@H]2CCS(=O)(=O)C2)n1. The average Bonchev–Trinajstić information content (AvgIpc) is 3.41. The molecule has 0 bridgehead atoms. The molecule has 1 aliphatic rings. The van der Waals surface area contributed by atoms with Crippen molar-refractivity contribution in [1.82, 2.24) is 15.1 Å². The maximum absolute atomic E-state index is 12.6. The number of hydrogen-bond donors (Lipinski definition) is 1. The first-order valence-corrected chi connectivity index (χ1v) is 11.9. The van der Waals surface area contributed by atoms with Crippen molar-refractivity contribution in [3.8, 4) is 10.6 Å². The van der Waals surface area contributed by atoms with Gasteiger partial charge < -0.3 is 5.32 Å². The molecule has 1 aliphatic heterocycles. The average molecular weight is 416 g/mol. The molecular formula is C20H21N3O3S2. The van der Waals surface area contributed by atoms with Gasteiger partial charge >= 0.3 is 0 Å². The summed E-state index contributed by atoms with van der Waals surface area (Å²) < 4.78 is 25.5. The summed E-state index contributed by atoms with van der Waals surface area (Å²) >= 11 is 1.55. The number of carbonyl (C=O) groups is 1. The monoisotopic (exact) mass is 415 g/mol. The van der Waals surface area contributed by atoms with Crippen molar-refractivity contribution in [3.63, 3.8) is 0 Å². The van der Waals surface area contributed by atoms with Gasteiger partial charge in [-0.15, -0.1) is 11.3 Å². The van der Waals surface area contributed by atoms with Crippen LogP contribution in [0.3, 0.4) is 0 Å². The normalized spacial score (nSPS) is 18.2. The molecule has 1 atom stereocenters. The molecule has 3 aromatic rings. The number of benzene rings is 1. The molecule has 6 nitrogen and oxygen atoms in total. The Balaban J connectivity index is 1.52. The fourth-order valence-corrected chi connectivity index (χ4v) is 5.84. The van der Waals surface area contributed by atoms with Crippen molar-refractivity contribution < 1.29 is 13.2 Å². The number of rotatable bonds is 6. The Kier molecular flexibility index (Phi) is 5.32. The van der Waals surface area contributed by atoms with Crippen LogP contribution in [0.4, 0.5) is 0 Å². The van der Waals surface area contributed by atoms with E-state index in [0.29, 0.717) is 18.7 Å². The Morgan fingerprint density at radius 3 is 2.71 bits per heavy atom. The first-order chi connectivity index (χ1) is 13.5. The lowest BCUT2D eigenvalue weighted by Crippen LogP contribution is -2.26. The van der Waals surface area contributed by atoms with Gasteiger partial charge in [-0.3, -0.25) is 9.48 Å². The molecular weight excluding hydrogens is 394 g/mol. The molecule has 4 rings (SSSR count). The third-order valence-electron chi connectivity index (χ3n) is 4.84. The van der Waals surface area contributed by atoms with E-state index in [9.17, 15) is 13.2 Å². The van der Waals surface area contributed by atoms with E-state index < -0.39 is 9.84 Å². The van der Waals surface area contributed by atoms with Crippen LogP contribution in [-0.2, 0) is 16.3 Å². The fourth-order valence-electron chi connectivity index (χ4n) is 3.42. The Morgan fingerprint density at radius 2 is 2.04 bits per heavy atom. The van der Waals surface area contributed by atoms with E-state index in [4.69, 9.17) is 0 Å². The van der Waals surface area contributed by atoms with Crippen LogP contribution in [0.25, 0.3) is 10.6 Å². The Morgan fingerprint density at radius 1 is 1.21 bits per heavy atom. The molecule has 28 heavy (non-hydrogen) atoms. The van der Waals surface area contributed by atoms with Crippen molar-refractivity contribution in [2.45, 2.75) is 18.9 Å². The third-order valence-corrected chi connectivity index (χ3v) is 7.48. The summed E-state index contributed by atoms with van der Waals surface area (Å²) in [7, 11) is -3.04. The van der Waals surface area contributed by atoms with E-state index in [1.807, 2.05) is 47.8 Å². The van der Waals surface area contributed by atoms with Crippen molar-refractivity contribution in [1.29, 1.82) is 0 Å². The molecule has 2 aromatic heterocycles. The van der Waals surface area contributed by atoms with E-state index in [1.165, 1.54) is 0 Å². The second-order valence-electron chi connectivity index (χ2n) is 6.89. The Bertz CT molecular complexity index is 1060. The van der Waals surface area contributed by atoms with Crippen LogP contribution >= 0.6 is 11.3 Å². The van der Waals surface area contributed by atoms with Gasteiger partial charge in [0.05, 0.1) is 28.1 Å². The largest absolute Gasteiger partial charge is 0.350 e. The van der Waals surface area contributed by atoms with Gasteiger partial charge in [0.2, 0.25) is 0 Å². The molecule has 0 aliphatic carbocycles. The fraction of sp³-hybridized carbons (Fsp3) is 0.300. The number of hydrogen-bond acceptors (Lipinski definition) is 5. The van der Waals surface area contributed by atoms with E-state index in [0.717, 1.165) is 22.6 Å². The molecule has 146 valence electrons. The van der Waals surface area contributed by atoms with Gasteiger partial charge in [0.15, 0.2) is 15.5 Å². The zero-order valence-electron chi connectivity index (χ0n) is 15.2. The molecule has 1 aromatic carbocycles. The van der Waals surface area contributed by atoms with Crippen LogP contribution in [-0.4, -0.2) is 42.2 Å². The zero-order valence-corrected chi connectivity index (χ0v) is 16.9. The van der Waals surface area contributed by atoms with E-state index in [2.05, 4.69) is 10.4 Å². The highest BCUT2D eigenvalue weighted by atomic mass is 32.2. The number of nitrogens with one attached hydrogen (secondary N) is 1. The second-order valence-corrected chi connectivity index (χ2v) is 10.1. The van der Waals surface area contributed by atoms with Crippen LogP contribution in [0.2, 0.25) is 0 Å². The van der Waals surface area contributed by atoms with Gasteiger partial charge in [0.25, 0.3) is 5.91 Å².